The van der Waals surface area contributed by atoms with Gasteiger partial charge in [-0.15, -0.1) is 197 Å². The number of nitrogens with zero attached hydrogens (tertiary/aromatic N) is 16. The standard InChI is InChI=1S/C21H14N.C18H18NSi.2C15H10N.4C13H11N3O.4Ir/c1-2-6-16(7-3-1)17-10-12-19(13-11-17)21-20-9-5-4-8-18(20)14-15-22-21;1-20(2,3)16-10-8-15(9-11-16)18-17-7-5-4-6-14(17)12-13-19-18;1-2-7-13(8-3-1)15-14-9-5-4-6-12(14)10-11-16-15;1-2-6-12(7-3-1)15-11-10-13-8-4-5-9-14(13)16-15;4*1-9-6-7-13(17)12(8-9)16-14-10-4-2-3-5-11(10)15-16;;;;/h1-12,14-15H;4-8,10-13H,1-3H3;1-7,9-11H;1-6,8-11H;4*2-8,17H,1H3;;;;/q4*-1;;;;;;;;. The van der Waals surface area contributed by atoms with Crippen molar-refractivity contribution in [3.8, 4) is 102 Å². The van der Waals surface area contributed by atoms with Gasteiger partial charge in [-0.2, -0.15) is 0 Å². The Bertz CT molecular complexity index is 8040. The maximum absolute atomic E-state index is 9.81. The Morgan fingerprint density at radius 2 is 0.534 bits per heavy atom. The molecule has 0 aliphatic heterocycles. The first kappa shape index (κ1) is 106. The number of phenolic OH excluding ortho intramolecular Hbond substituents is 4. The summed E-state index contributed by atoms with van der Waals surface area (Å²) >= 11 is 0. The van der Waals surface area contributed by atoms with Crippen molar-refractivity contribution in [1.29, 1.82) is 0 Å². The van der Waals surface area contributed by atoms with Gasteiger partial charge in [-0.1, -0.05) is 237 Å². The second-order valence-electron chi connectivity index (χ2n) is 34.6. The number of aromatic hydroxyl groups is 4. The third-order valence-corrected chi connectivity index (χ3v) is 25.3. The van der Waals surface area contributed by atoms with Crippen LogP contribution in [0.4, 0.5) is 0 Å². The van der Waals surface area contributed by atoms with Crippen LogP contribution in [-0.2, 0) is 80.4 Å². The Labute approximate surface area is 900 Å². The van der Waals surface area contributed by atoms with E-state index in [4.69, 9.17) is 0 Å². The molecule has 0 spiro atoms. The number of aryl methyl sites for hydroxylation is 4. The molecular weight excluding hydrogens is 2540 g/mol. The van der Waals surface area contributed by atoms with E-state index in [-0.39, 0.29) is 103 Å². The molecule has 0 fully saturated rings. The van der Waals surface area contributed by atoms with Crippen LogP contribution in [0.5, 0.6) is 23.0 Å². The number of benzene rings is 17. The van der Waals surface area contributed by atoms with Crippen LogP contribution in [-0.4, -0.2) is 108 Å². The van der Waals surface area contributed by atoms with Gasteiger partial charge in [0.1, 0.15) is 89.9 Å². The SMILES string of the molecule is C[Si](C)(C)c1c[c-]c(-c2nccc3ccccc23)cc1.Cc1ccc(O)c(-n2nc3ccccc3n2)c1.Cc1ccc(O)c(-n2nc3ccccc3n2)c1.Cc1ccc(O)c(-n2nc3ccccc3n2)c1.Cc1ccc(O)c(-n2nc3ccccc3n2)c1.[Ir].[Ir].[Ir].[Ir].[c-]1cc(-c2ccccc2)ccc1-c1nccc2ccccc12.[c-]1ccccc1-c1ccc2ccccc2n1.[c-]1ccccc1-c1nccc2ccccc12. The van der Waals surface area contributed by atoms with Crippen LogP contribution in [0.25, 0.3) is 166 Å². The van der Waals surface area contributed by atoms with Gasteiger partial charge in [-0.25, -0.2) is 0 Å². The summed E-state index contributed by atoms with van der Waals surface area (Å²) in [7, 11) is -1.26. The van der Waals surface area contributed by atoms with E-state index in [0.29, 0.717) is 22.7 Å². The summed E-state index contributed by atoms with van der Waals surface area (Å²) in [4.78, 5) is 24.0. The summed E-state index contributed by atoms with van der Waals surface area (Å²) in [5.74, 6) is 0.707. The van der Waals surface area contributed by atoms with Crippen molar-refractivity contribution in [2.24, 2.45) is 0 Å². The maximum atomic E-state index is 9.81. The number of hydrogen-bond acceptors (Lipinski definition) is 16. The van der Waals surface area contributed by atoms with Crippen LogP contribution in [0.15, 0.2) is 431 Å². The number of rotatable bonds is 10. The third kappa shape index (κ3) is 26.1. The smallest absolute Gasteiger partial charge is 0.143 e. The average Bonchev–Trinajstić information content (AvgIpc) is 1.44. The second-order valence-corrected chi connectivity index (χ2v) is 39.6. The first-order valence-electron chi connectivity index (χ1n) is 46.2. The van der Waals surface area contributed by atoms with Crippen molar-refractivity contribution in [2.45, 2.75) is 47.3 Å². The van der Waals surface area contributed by atoms with E-state index in [0.717, 1.165) is 122 Å². The number of pyridine rings is 4. The van der Waals surface area contributed by atoms with Crippen LogP contribution in [0.2, 0.25) is 19.6 Å². The minimum Gasteiger partial charge on any atom is -0.506 e. The molecule has 0 atom stereocenters. The van der Waals surface area contributed by atoms with Gasteiger partial charge in [0.2, 0.25) is 0 Å². The van der Waals surface area contributed by atoms with Gasteiger partial charge in [-0.05, 0) is 232 Å². The summed E-state index contributed by atoms with van der Waals surface area (Å²) in [6.07, 6.45) is 5.58. The molecule has 17 aromatic carbocycles. The monoisotopic (exact) mass is 2640 g/mol. The predicted octanol–water partition coefficient (Wildman–Crippen LogP) is 26.7. The van der Waals surface area contributed by atoms with Crippen molar-refractivity contribution in [3.63, 3.8) is 0 Å². The largest absolute Gasteiger partial charge is 0.506 e. The fraction of sp³-hybridized carbons (Fsp3) is 0.0579. The van der Waals surface area contributed by atoms with Crippen molar-refractivity contribution in [2.75, 3.05) is 0 Å². The molecule has 0 saturated heterocycles. The topological polar surface area (TPSA) is 255 Å². The summed E-state index contributed by atoms with van der Waals surface area (Å²) in [5, 5.41) is 83.7. The van der Waals surface area contributed by atoms with Crippen molar-refractivity contribution >= 4 is 101 Å². The van der Waals surface area contributed by atoms with E-state index in [9.17, 15) is 20.4 Å². The van der Waals surface area contributed by atoms with Crippen LogP contribution >= 0.6 is 0 Å². The summed E-state index contributed by atoms with van der Waals surface area (Å²) in [6.45, 7) is 14.9. The van der Waals surface area contributed by atoms with Crippen molar-refractivity contribution in [3.05, 3.63) is 478 Å². The Kier molecular flexibility index (Phi) is 36.1. The zero-order valence-corrected chi connectivity index (χ0v) is 90.8. The quantitative estimate of drug-likeness (QED) is 0.0733. The third-order valence-electron chi connectivity index (χ3n) is 23.2. The Balaban J connectivity index is 0.000000132. The van der Waals surface area contributed by atoms with E-state index in [2.05, 4.69) is 226 Å². The van der Waals surface area contributed by atoms with E-state index in [1.54, 1.807) is 24.3 Å². The van der Waals surface area contributed by atoms with E-state index in [1.165, 1.54) is 67.8 Å². The van der Waals surface area contributed by atoms with Crippen molar-refractivity contribution < 1.29 is 101 Å². The summed E-state index contributed by atoms with van der Waals surface area (Å²) in [5.41, 5.74) is 24.7. The number of hydrogen-bond donors (Lipinski definition) is 4. The molecule has 0 aliphatic rings. The fourth-order valence-corrected chi connectivity index (χ4v) is 16.9. The first-order chi connectivity index (χ1) is 69.3. The van der Waals surface area contributed by atoms with Crippen LogP contribution < -0.4 is 5.19 Å². The molecule has 4 N–H and O–H groups in total. The normalized spacial score (nSPS) is 10.6. The van der Waals surface area contributed by atoms with Crippen LogP contribution in [0.3, 0.4) is 0 Å². The Morgan fingerprint density at radius 3 is 0.849 bits per heavy atom. The molecule has 8 aromatic heterocycles. The van der Waals surface area contributed by atoms with Gasteiger partial charge in [0.05, 0.1) is 5.52 Å². The Hall–Kier alpha value is -16.0. The number of aromatic nitrogens is 16. The average molecular weight is 2640 g/mol. The van der Waals surface area contributed by atoms with Crippen LogP contribution in [0, 0.1) is 52.0 Å². The zero-order chi connectivity index (χ0) is 97.8. The van der Waals surface area contributed by atoms with Gasteiger partial charge >= 0.3 is 0 Å². The molecule has 20 nitrogen and oxygen atoms in total. The summed E-state index contributed by atoms with van der Waals surface area (Å²) < 4.78 is 0. The van der Waals surface area contributed by atoms with Gasteiger partial charge in [0.25, 0.3) is 0 Å². The molecule has 728 valence electrons. The molecule has 146 heavy (non-hydrogen) atoms. The number of phenols is 4. The maximum Gasteiger partial charge on any atom is 0.143 e. The van der Waals surface area contributed by atoms with Crippen molar-refractivity contribution in [1.82, 2.24) is 79.9 Å². The molecular formula is C121H96Ir4N16O4Si-4. The van der Waals surface area contributed by atoms with Gasteiger partial charge in [0.15, 0.2) is 0 Å². The molecule has 0 saturated carbocycles. The second kappa shape index (κ2) is 49.8. The molecule has 8 heterocycles. The minimum atomic E-state index is -1.26. The van der Waals surface area contributed by atoms with Gasteiger partial charge < -0.3 is 35.4 Å². The first-order valence-corrected chi connectivity index (χ1v) is 49.7. The van der Waals surface area contributed by atoms with Gasteiger partial charge in [-0.3, -0.25) is 4.98 Å². The number of para-hydroxylation sites is 1. The van der Waals surface area contributed by atoms with Gasteiger partial charge in [0, 0.05) is 107 Å². The molecule has 25 rings (SSSR count). The zero-order valence-electron chi connectivity index (χ0n) is 80.3. The van der Waals surface area contributed by atoms with Crippen LogP contribution in [0.1, 0.15) is 22.3 Å². The van der Waals surface area contributed by atoms with E-state index >= 15 is 0 Å². The molecule has 4 radical (unpaired) electrons. The molecule has 0 aliphatic carbocycles. The predicted molar refractivity (Wildman–Crippen MR) is 574 cm³/mol. The molecule has 25 heteroatoms. The Morgan fingerprint density at radius 1 is 0.240 bits per heavy atom. The number of fused-ring (bicyclic) bond motifs is 8. The molecule has 0 unspecified atom stereocenters. The van der Waals surface area contributed by atoms with E-state index < -0.39 is 8.07 Å². The minimum absolute atomic E-state index is 0. The molecule has 0 bridgehead atoms. The molecule has 25 aromatic rings. The fourth-order valence-electron chi connectivity index (χ4n) is 15.8. The summed E-state index contributed by atoms with van der Waals surface area (Å²) in [6, 6.07) is 147. The van der Waals surface area contributed by atoms with E-state index in [1.807, 2.05) is 313 Å². The molecule has 0 amide bonds.